The van der Waals surface area contributed by atoms with E-state index in [0.29, 0.717) is 11.8 Å². The summed E-state index contributed by atoms with van der Waals surface area (Å²) in [6.45, 7) is 5.46. The number of rotatable bonds is 1. The summed E-state index contributed by atoms with van der Waals surface area (Å²) < 4.78 is 0. The predicted molar refractivity (Wildman–Crippen MR) is 54.9 cm³/mol. The quantitative estimate of drug-likeness (QED) is 0.608. The van der Waals surface area contributed by atoms with E-state index in [1.54, 1.807) is 0 Å². The van der Waals surface area contributed by atoms with Crippen LogP contribution in [-0.2, 0) is 0 Å². The molecule has 2 rings (SSSR count). The van der Waals surface area contributed by atoms with Gasteiger partial charge < -0.3 is 0 Å². The van der Waals surface area contributed by atoms with E-state index in [1.165, 1.54) is 5.22 Å². The number of hydrogen-bond donors (Lipinski definition) is 0. The first-order chi connectivity index (χ1) is 6.27. The van der Waals surface area contributed by atoms with Gasteiger partial charge in [0.05, 0.1) is 5.36 Å². The van der Waals surface area contributed by atoms with E-state index < -0.39 is 0 Å². The molecule has 0 radical (unpaired) electrons. The van der Waals surface area contributed by atoms with Crippen LogP contribution in [0.1, 0.15) is 13.8 Å². The minimum Gasteiger partial charge on any atom is -0.284 e. The standard InChI is InChI=1S/C12H15N/c1-9(2)11-7-10-5-3-4-6-12(10)13-8-11/h3-7,9,11H,8H2,1-2H3. The summed E-state index contributed by atoms with van der Waals surface area (Å²) in [5, 5.41) is 2.45. The van der Waals surface area contributed by atoms with Crippen molar-refractivity contribution in [2.24, 2.45) is 16.8 Å². The van der Waals surface area contributed by atoms with Crippen molar-refractivity contribution in [3.63, 3.8) is 0 Å². The Hall–Kier alpha value is -1.11. The third kappa shape index (κ3) is 1.64. The Kier molecular flexibility index (Phi) is 2.17. The third-order valence-corrected chi connectivity index (χ3v) is 2.66. The van der Waals surface area contributed by atoms with Gasteiger partial charge in [0.1, 0.15) is 0 Å². The molecule has 0 N–H and O–H groups in total. The maximum atomic E-state index is 4.56. The molecule has 1 heteroatoms. The van der Waals surface area contributed by atoms with Crippen molar-refractivity contribution in [1.82, 2.24) is 0 Å². The largest absolute Gasteiger partial charge is 0.284 e. The molecule has 13 heavy (non-hydrogen) atoms. The molecular formula is C12H15N. The minimum absolute atomic E-state index is 0.620. The molecule has 1 aromatic carbocycles. The highest BCUT2D eigenvalue weighted by atomic mass is 14.7. The molecule has 1 aliphatic rings. The second-order valence-corrected chi connectivity index (χ2v) is 3.97. The topological polar surface area (TPSA) is 12.4 Å². The van der Waals surface area contributed by atoms with Gasteiger partial charge in [-0.15, -0.1) is 0 Å². The first-order valence-corrected chi connectivity index (χ1v) is 4.89. The van der Waals surface area contributed by atoms with Crippen molar-refractivity contribution < 1.29 is 0 Å². The molecule has 0 aromatic heterocycles. The molecule has 1 aliphatic heterocycles. The van der Waals surface area contributed by atoms with E-state index in [2.05, 4.69) is 43.1 Å². The normalized spacial score (nSPS) is 20.4. The van der Waals surface area contributed by atoms with Gasteiger partial charge in [0.2, 0.25) is 0 Å². The number of para-hydroxylation sites is 1. The van der Waals surface area contributed by atoms with Crippen LogP contribution in [-0.4, -0.2) is 6.54 Å². The lowest BCUT2D eigenvalue weighted by Crippen LogP contribution is -2.32. The van der Waals surface area contributed by atoms with Crippen molar-refractivity contribution in [3.05, 3.63) is 34.8 Å². The molecule has 1 aromatic rings. The molecule has 1 unspecified atom stereocenters. The van der Waals surface area contributed by atoms with Gasteiger partial charge in [0.15, 0.2) is 0 Å². The van der Waals surface area contributed by atoms with Gasteiger partial charge in [0.25, 0.3) is 0 Å². The Labute approximate surface area is 78.8 Å². The molecule has 0 bridgehead atoms. The van der Waals surface area contributed by atoms with E-state index in [-0.39, 0.29) is 0 Å². The Bertz CT molecular complexity index is 403. The molecule has 0 aliphatic carbocycles. The van der Waals surface area contributed by atoms with Crippen molar-refractivity contribution in [2.75, 3.05) is 6.54 Å². The van der Waals surface area contributed by atoms with Crippen molar-refractivity contribution in [1.29, 1.82) is 0 Å². The zero-order valence-electron chi connectivity index (χ0n) is 8.20. The summed E-state index contributed by atoms with van der Waals surface area (Å²) in [6, 6.07) is 8.36. The van der Waals surface area contributed by atoms with Gasteiger partial charge in [-0.1, -0.05) is 38.1 Å². The lowest BCUT2D eigenvalue weighted by molar-refractivity contribution is 0.490. The summed E-state index contributed by atoms with van der Waals surface area (Å²) in [6.07, 6.45) is 2.35. The van der Waals surface area contributed by atoms with E-state index in [4.69, 9.17) is 0 Å². The van der Waals surface area contributed by atoms with Crippen LogP contribution in [0.3, 0.4) is 0 Å². The summed E-state index contributed by atoms with van der Waals surface area (Å²) in [7, 11) is 0. The lowest BCUT2D eigenvalue weighted by atomic mass is 9.93. The minimum atomic E-state index is 0.620. The van der Waals surface area contributed by atoms with E-state index in [0.717, 1.165) is 11.9 Å². The van der Waals surface area contributed by atoms with Crippen LogP contribution in [0.4, 0.5) is 0 Å². The van der Waals surface area contributed by atoms with Gasteiger partial charge in [-0.2, -0.15) is 0 Å². The Balaban J connectivity index is 2.49. The Morgan fingerprint density at radius 2 is 2.08 bits per heavy atom. The maximum Gasteiger partial charge on any atom is 0.0643 e. The van der Waals surface area contributed by atoms with Crippen LogP contribution >= 0.6 is 0 Å². The first kappa shape index (κ1) is 8.49. The van der Waals surface area contributed by atoms with Gasteiger partial charge in [-0.05, 0) is 23.1 Å². The van der Waals surface area contributed by atoms with Crippen LogP contribution in [0.25, 0.3) is 6.08 Å². The average molecular weight is 173 g/mol. The summed E-state index contributed by atoms with van der Waals surface area (Å²) in [4.78, 5) is 4.56. The van der Waals surface area contributed by atoms with Crippen molar-refractivity contribution in [3.8, 4) is 0 Å². The molecule has 1 atom stereocenters. The smallest absolute Gasteiger partial charge is 0.0643 e. The molecule has 0 saturated carbocycles. The maximum absolute atomic E-state index is 4.56. The molecule has 0 spiro atoms. The van der Waals surface area contributed by atoms with E-state index in [9.17, 15) is 0 Å². The lowest BCUT2D eigenvalue weighted by Gasteiger charge is -2.16. The third-order valence-electron chi connectivity index (χ3n) is 2.66. The SMILES string of the molecule is CC(C)C1C=c2ccccc2=NC1. The average Bonchev–Trinajstić information content (AvgIpc) is 2.17. The molecule has 1 heterocycles. The molecule has 1 nitrogen and oxygen atoms in total. The van der Waals surface area contributed by atoms with Crippen molar-refractivity contribution >= 4 is 6.08 Å². The zero-order chi connectivity index (χ0) is 9.26. The summed E-state index contributed by atoms with van der Waals surface area (Å²) >= 11 is 0. The number of nitrogens with zero attached hydrogens (tertiary/aromatic N) is 1. The Morgan fingerprint density at radius 1 is 1.31 bits per heavy atom. The van der Waals surface area contributed by atoms with Gasteiger partial charge >= 0.3 is 0 Å². The fourth-order valence-electron chi connectivity index (χ4n) is 1.66. The summed E-state index contributed by atoms with van der Waals surface area (Å²) in [5.41, 5.74) is 0. The molecular weight excluding hydrogens is 158 g/mol. The van der Waals surface area contributed by atoms with Crippen LogP contribution in [0, 0.1) is 11.8 Å². The van der Waals surface area contributed by atoms with Gasteiger partial charge in [-0.3, -0.25) is 4.99 Å². The summed E-state index contributed by atoms with van der Waals surface area (Å²) in [5.74, 6) is 1.31. The van der Waals surface area contributed by atoms with Crippen LogP contribution in [0.5, 0.6) is 0 Å². The predicted octanol–water partition coefficient (Wildman–Crippen LogP) is 1.37. The van der Waals surface area contributed by atoms with E-state index in [1.807, 2.05) is 6.07 Å². The van der Waals surface area contributed by atoms with E-state index >= 15 is 0 Å². The van der Waals surface area contributed by atoms with Crippen LogP contribution < -0.4 is 10.6 Å². The highest BCUT2D eigenvalue weighted by Gasteiger charge is 2.11. The fraction of sp³-hybridized carbons (Fsp3) is 0.417. The highest BCUT2D eigenvalue weighted by Crippen LogP contribution is 2.13. The molecule has 0 fully saturated rings. The Morgan fingerprint density at radius 3 is 2.85 bits per heavy atom. The second-order valence-electron chi connectivity index (χ2n) is 3.97. The number of hydrogen-bond acceptors (Lipinski definition) is 1. The van der Waals surface area contributed by atoms with Gasteiger partial charge in [0, 0.05) is 6.54 Å². The highest BCUT2D eigenvalue weighted by molar-refractivity contribution is 5.29. The van der Waals surface area contributed by atoms with Gasteiger partial charge in [-0.25, -0.2) is 0 Å². The fourth-order valence-corrected chi connectivity index (χ4v) is 1.66. The number of benzene rings is 1. The number of fused-ring (bicyclic) bond motifs is 1. The molecule has 0 saturated heterocycles. The zero-order valence-corrected chi connectivity index (χ0v) is 8.20. The second kappa shape index (κ2) is 3.33. The molecule has 68 valence electrons. The molecule has 0 amide bonds. The van der Waals surface area contributed by atoms with Crippen molar-refractivity contribution in [2.45, 2.75) is 13.8 Å². The monoisotopic (exact) mass is 173 g/mol. The van der Waals surface area contributed by atoms with Crippen LogP contribution in [0.15, 0.2) is 29.3 Å². The first-order valence-electron chi connectivity index (χ1n) is 4.89. The van der Waals surface area contributed by atoms with Crippen LogP contribution in [0.2, 0.25) is 0 Å².